The summed E-state index contributed by atoms with van der Waals surface area (Å²) in [4.78, 5) is 0. The standard InChI is InChI=1S/C10H14O2/c1-6-5-12-9-4-8-7(10(6)9)2-3-11-8/h7-10H,1-5H2/t7-,8-,9+,10-/m1/s1. The van der Waals surface area contributed by atoms with E-state index in [1.807, 2.05) is 0 Å². The number of fused-ring (bicyclic) bond motifs is 3. The average Bonchev–Trinajstić information content (AvgIpc) is 2.61. The molecule has 0 bridgehead atoms. The highest BCUT2D eigenvalue weighted by Gasteiger charge is 2.50. The first-order valence-electron chi connectivity index (χ1n) is 4.77. The van der Waals surface area contributed by atoms with Crippen molar-refractivity contribution in [3.05, 3.63) is 12.2 Å². The highest BCUT2D eigenvalue weighted by atomic mass is 16.5. The minimum atomic E-state index is 0.438. The normalized spacial score (nSPS) is 51.2. The Hall–Kier alpha value is -0.340. The molecule has 66 valence electrons. The zero-order valence-corrected chi connectivity index (χ0v) is 7.16. The first-order valence-corrected chi connectivity index (χ1v) is 4.77. The molecule has 2 aliphatic heterocycles. The van der Waals surface area contributed by atoms with Gasteiger partial charge in [-0.3, -0.25) is 0 Å². The van der Waals surface area contributed by atoms with Crippen molar-refractivity contribution in [1.29, 1.82) is 0 Å². The van der Waals surface area contributed by atoms with Gasteiger partial charge in [0.2, 0.25) is 0 Å². The van der Waals surface area contributed by atoms with Crippen molar-refractivity contribution in [2.24, 2.45) is 11.8 Å². The second kappa shape index (κ2) is 2.33. The Morgan fingerprint density at radius 1 is 1.25 bits per heavy atom. The summed E-state index contributed by atoms with van der Waals surface area (Å²) in [6.45, 7) is 5.82. The van der Waals surface area contributed by atoms with E-state index in [9.17, 15) is 0 Å². The number of rotatable bonds is 0. The van der Waals surface area contributed by atoms with Crippen LogP contribution in [-0.4, -0.2) is 25.4 Å². The van der Waals surface area contributed by atoms with Crippen molar-refractivity contribution in [2.75, 3.05) is 13.2 Å². The summed E-state index contributed by atoms with van der Waals surface area (Å²) in [5, 5.41) is 0. The molecular formula is C10H14O2. The molecule has 2 heteroatoms. The van der Waals surface area contributed by atoms with Gasteiger partial charge in [0, 0.05) is 18.9 Å². The molecule has 2 heterocycles. The van der Waals surface area contributed by atoms with Crippen LogP contribution in [0.4, 0.5) is 0 Å². The monoisotopic (exact) mass is 166 g/mol. The topological polar surface area (TPSA) is 18.5 Å². The van der Waals surface area contributed by atoms with Gasteiger partial charge < -0.3 is 9.47 Å². The third kappa shape index (κ3) is 0.771. The summed E-state index contributed by atoms with van der Waals surface area (Å²) in [6, 6.07) is 0. The Labute approximate surface area is 72.5 Å². The third-order valence-corrected chi connectivity index (χ3v) is 3.54. The van der Waals surface area contributed by atoms with Gasteiger partial charge in [-0.1, -0.05) is 6.58 Å². The maximum Gasteiger partial charge on any atom is 0.0682 e. The Bertz CT molecular complexity index is 224. The van der Waals surface area contributed by atoms with Crippen LogP contribution in [-0.2, 0) is 9.47 Å². The quantitative estimate of drug-likeness (QED) is 0.506. The molecule has 0 radical (unpaired) electrons. The highest BCUT2D eigenvalue weighted by molar-refractivity contribution is 5.16. The third-order valence-electron chi connectivity index (χ3n) is 3.54. The Kier molecular flexibility index (Phi) is 1.38. The molecule has 2 nitrogen and oxygen atoms in total. The molecule has 0 amide bonds. The van der Waals surface area contributed by atoms with Crippen molar-refractivity contribution in [3.63, 3.8) is 0 Å². The lowest BCUT2D eigenvalue weighted by molar-refractivity contribution is 0.0579. The smallest absolute Gasteiger partial charge is 0.0682 e. The molecule has 1 saturated carbocycles. The fraction of sp³-hybridized carbons (Fsp3) is 0.800. The molecule has 2 saturated heterocycles. The van der Waals surface area contributed by atoms with Gasteiger partial charge >= 0.3 is 0 Å². The molecule has 0 spiro atoms. The van der Waals surface area contributed by atoms with E-state index < -0.39 is 0 Å². The van der Waals surface area contributed by atoms with Gasteiger partial charge in [0.1, 0.15) is 0 Å². The van der Waals surface area contributed by atoms with Crippen LogP contribution < -0.4 is 0 Å². The predicted molar refractivity (Wildman–Crippen MR) is 44.8 cm³/mol. The maximum absolute atomic E-state index is 5.65. The zero-order chi connectivity index (χ0) is 8.13. The fourth-order valence-corrected chi connectivity index (χ4v) is 3.02. The Morgan fingerprint density at radius 3 is 3.08 bits per heavy atom. The summed E-state index contributed by atoms with van der Waals surface area (Å²) in [6.07, 6.45) is 3.24. The Balaban J connectivity index is 1.90. The van der Waals surface area contributed by atoms with Gasteiger partial charge in [0.25, 0.3) is 0 Å². The second-order valence-corrected chi connectivity index (χ2v) is 4.13. The summed E-state index contributed by atoms with van der Waals surface area (Å²) < 4.78 is 11.3. The Morgan fingerprint density at radius 2 is 2.17 bits per heavy atom. The first kappa shape index (κ1) is 7.10. The zero-order valence-electron chi connectivity index (χ0n) is 7.16. The molecule has 3 aliphatic rings. The van der Waals surface area contributed by atoms with E-state index in [1.165, 1.54) is 12.0 Å². The van der Waals surface area contributed by atoms with Crippen LogP contribution in [0.25, 0.3) is 0 Å². The molecule has 1 aliphatic carbocycles. The minimum absolute atomic E-state index is 0.438. The molecule has 0 aromatic carbocycles. The molecule has 4 atom stereocenters. The number of hydrogen-bond acceptors (Lipinski definition) is 2. The molecule has 0 N–H and O–H groups in total. The lowest BCUT2D eigenvalue weighted by atomic mass is 9.88. The maximum atomic E-state index is 5.65. The summed E-state index contributed by atoms with van der Waals surface area (Å²) >= 11 is 0. The van der Waals surface area contributed by atoms with Crippen molar-refractivity contribution in [3.8, 4) is 0 Å². The van der Waals surface area contributed by atoms with Crippen LogP contribution >= 0.6 is 0 Å². The molecule has 0 unspecified atom stereocenters. The van der Waals surface area contributed by atoms with E-state index in [-0.39, 0.29) is 0 Å². The SMILES string of the molecule is C=C1CO[C@H]2C[C@H]3OCC[C@H]3[C@@H]12. The molecule has 12 heavy (non-hydrogen) atoms. The number of hydrogen-bond donors (Lipinski definition) is 0. The predicted octanol–water partition coefficient (Wildman–Crippen LogP) is 1.37. The van der Waals surface area contributed by atoms with E-state index in [1.54, 1.807) is 0 Å². The molecule has 0 aromatic rings. The number of ether oxygens (including phenoxy) is 2. The van der Waals surface area contributed by atoms with Crippen LogP contribution in [0.3, 0.4) is 0 Å². The van der Waals surface area contributed by atoms with Crippen LogP contribution in [0, 0.1) is 11.8 Å². The van der Waals surface area contributed by atoms with Gasteiger partial charge in [-0.05, 0) is 17.9 Å². The minimum Gasteiger partial charge on any atom is -0.378 e. The average molecular weight is 166 g/mol. The van der Waals surface area contributed by atoms with Crippen molar-refractivity contribution >= 4 is 0 Å². The van der Waals surface area contributed by atoms with Gasteiger partial charge in [-0.15, -0.1) is 0 Å². The molecular weight excluding hydrogens is 152 g/mol. The first-order chi connectivity index (χ1) is 5.86. The van der Waals surface area contributed by atoms with E-state index in [4.69, 9.17) is 9.47 Å². The fourth-order valence-electron chi connectivity index (χ4n) is 3.02. The summed E-state index contributed by atoms with van der Waals surface area (Å²) in [7, 11) is 0. The van der Waals surface area contributed by atoms with Crippen molar-refractivity contribution in [2.45, 2.75) is 25.0 Å². The molecule has 0 aromatic heterocycles. The van der Waals surface area contributed by atoms with Gasteiger partial charge in [0.15, 0.2) is 0 Å². The largest absolute Gasteiger partial charge is 0.378 e. The molecule has 3 rings (SSSR count). The van der Waals surface area contributed by atoms with E-state index in [2.05, 4.69) is 6.58 Å². The lowest BCUT2D eigenvalue weighted by Crippen LogP contribution is -2.16. The van der Waals surface area contributed by atoms with Gasteiger partial charge in [0.05, 0.1) is 18.8 Å². The van der Waals surface area contributed by atoms with Crippen LogP contribution in [0.2, 0.25) is 0 Å². The summed E-state index contributed by atoms with van der Waals surface area (Å²) in [5.74, 6) is 1.35. The van der Waals surface area contributed by atoms with Gasteiger partial charge in [-0.25, -0.2) is 0 Å². The van der Waals surface area contributed by atoms with E-state index >= 15 is 0 Å². The van der Waals surface area contributed by atoms with Crippen molar-refractivity contribution < 1.29 is 9.47 Å². The second-order valence-electron chi connectivity index (χ2n) is 4.13. The lowest BCUT2D eigenvalue weighted by Gasteiger charge is -2.14. The van der Waals surface area contributed by atoms with Crippen LogP contribution in [0.5, 0.6) is 0 Å². The molecule has 3 fully saturated rings. The summed E-state index contributed by atoms with van der Waals surface area (Å²) in [5.41, 5.74) is 1.30. The van der Waals surface area contributed by atoms with Crippen LogP contribution in [0.15, 0.2) is 12.2 Å². The van der Waals surface area contributed by atoms with Crippen molar-refractivity contribution in [1.82, 2.24) is 0 Å². The highest BCUT2D eigenvalue weighted by Crippen LogP contribution is 2.48. The van der Waals surface area contributed by atoms with E-state index in [0.717, 1.165) is 25.6 Å². The van der Waals surface area contributed by atoms with E-state index in [0.29, 0.717) is 18.1 Å². The van der Waals surface area contributed by atoms with Gasteiger partial charge in [-0.2, -0.15) is 0 Å². The van der Waals surface area contributed by atoms with Crippen LogP contribution in [0.1, 0.15) is 12.8 Å².